The van der Waals surface area contributed by atoms with Crippen LogP contribution in [0.4, 0.5) is 5.69 Å². The minimum Gasteiger partial charge on any atom is -0.398 e. The smallest absolute Gasteiger partial charge is 0.259 e. The molecule has 1 aliphatic rings. The third kappa shape index (κ3) is 1.33. The molecular formula is C8H9N3O2S. The minimum absolute atomic E-state index is 0.0237. The predicted octanol–water partition coefficient (Wildman–Crippen LogP) is -0.182. The number of amidine groups is 1. The highest BCUT2D eigenvalue weighted by atomic mass is 32.2. The maximum Gasteiger partial charge on any atom is 0.259 e. The van der Waals surface area contributed by atoms with E-state index in [0.717, 1.165) is 0 Å². The number of anilines is 1. The highest BCUT2D eigenvalue weighted by molar-refractivity contribution is 7.89. The van der Waals surface area contributed by atoms with Crippen molar-refractivity contribution < 1.29 is 8.42 Å². The lowest BCUT2D eigenvalue weighted by molar-refractivity contribution is 0.596. The summed E-state index contributed by atoms with van der Waals surface area (Å²) in [7, 11) is -3.45. The summed E-state index contributed by atoms with van der Waals surface area (Å²) in [6.07, 6.45) is 0. The molecule has 74 valence electrons. The lowest BCUT2D eigenvalue weighted by Gasteiger charge is -2.15. The summed E-state index contributed by atoms with van der Waals surface area (Å²) < 4.78 is 25.9. The van der Waals surface area contributed by atoms with Crippen molar-refractivity contribution in [1.29, 1.82) is 0 Å². The number of sulfonamides is 1. The van der Waals surface area contributed by atoms with Gasteiger partial charge in [-0.3, -0.25) is 0 Å². The first-order valence-electron chi connectivity index (χ1n) is 3.95. The van der Waals surface area contributed by atoms with E-state index in [4.69, 9.17) is 11.5 Å². The predicted molar refractivity (Wildman–Crippen MR) is 54.2 cm³/mol. The van der Waals surface area contributed by atoms with Gasteiger partial charge in [-0.25, -0.2) is 8.42 Å². The number of fused-ring (bicyclic) bond motifs is 1. The fourth-order valence-corrected chi connectivity index (χ4v) is 2.57. The normalized spacial score (nSPS) is 18.4. The standard InChI is InChI=1S/C8H9N3O2S/c9-6-3-1-2-5-4-14(12,13)11-8(10)7(5)6/h1-3H,4,9H2,(H2,10,11). The molecule has 2 rings (SSSR count). The van der Waals surface area contributed by atoms with E-state index in [1.54, 1.807) is 18.2 Å². The largest absolute Gasteiger partial charge is 0.398 e. The first kappa shape index (κ1) is 9.01. The zero-order valence-corrected chi connectivity index (χ0v) is 8.08. The Labute approximate surface area is 81.5 Å². The van der Waals surface area contributed by atoms with E-state index in [1.807, 2.05) is 0 Å². The molecule has 0 amide bonds. The molecule has 1 aliphatic heterocycles. The second kappa shape index (κ2) is 2.71. The highest BCUT2D eigenvalue weighted by Crippen LogP contribution is 2.23. The van der Waals surface area contributed by atoms with E-state index in [1.165, 1.54) is 0 Å². The molecule has 6 heteroatoms. The molecule has 14 heavy (non-hydrogen) atoms. The second-order valence-electron chi connectivity index (χ2n) is 3.08. The van der Waals surface area contributed by atoms with Crippen LogP contribution in [0.1, 0.15) is 11.1 Å². The summed E-state index contributed by atoms with van der Waals surface area (Å²) in [6.45, 7) is 0. The van der Waals surface area contributed by atoms with E-state index in [9.17, 15) is 8.42 Å². The lowest BCUT2D eigenvalue weighted by atomic mass is 10.1. The Kier molecular flexibility index (Phi) is 1.75. The van der Waals surface area contributed by atoms with Gasteiger partial charge < -0.3 is 11.5 Å². The summed E-state index contributed by atoms with van der Waals surface area (Å²) >= 11 is 0. The van der Waals surface area contributed by atoms with Crippen LogP contribution >= 0.6 is 0 Å². The van der Waals surface area contributed by atoms with Crippen LogP contribution < -0.4 is 11.5 Å². The summed E-state index contributed by atoms with van der Waals surface area (Å²) in [5, 5.41) is 0. The summed E-state index contributed by atoms with van der Waals surface area (Å²) in [6, 6.07) is 5.05. The van der Waals surface area contributed by atoms with Crippen LogP contribution in [0.5, 0.6) is 0 Å². The third-order valence-corrected chi connectivity index (χ3v) is 3.17. The molecule has 5 nitrogen and oxygen atoms in total. The molecule has 0 fully saturated rings. The molecule has 0 aliphatic carbocycles. The van der Waals surface area contributed by atoms with Crippen LogP contribution in [0.3, 0.4) is 0 Å². The van der Waals surface area contributed by atoms with Gasteiger partial charge >= 0.3 is 0 Å². The second-order valence-corrected chi connectivity index (χ2v) is 4.72. The number of rotatable bonds is 0. The zero-order valence-electron chi connectivity index (χ0n) is 7.27. The topological polar surface area (TPSA) is 98.5 Å². The number of hydrogen-bond acceptors (Lipinski definition) is 4. The van der Waals surface area contributed by atoms with Crippen molar-refractivity contribution in [1.82, 2.24) is 0 Å². The first-order chi connectivity index (χ1) is 6.49. The molecule has 0 radical (unpaired) electrons. The highest BCUT2D eigenvalue weighted by Gasteiger charge is 2.23. The van der Waals surface area contributed by atoms with Gasteiger partial charge in [-0.15, -0.1) is 4.40 Å². The van der Waals surface area contributed by atoms with Crippen LogP contribution in [-0.2, 0) is 15.8 Å². The number of benzene rings is 1. The molecular weight excluding hydrogens is 202 g/mol. The lowest BCUT2D eigenvalue weighted by Crippen LogP contribution is -2.25. The zero-order chi connectivity index (χ0) is 10.3. The van der Waals surface area contributed by atoms with Crippen LogP contribution in [-0.4, -0.2) is 14.3 Å². The number of hydrogen-bond donors (Lipinski definition) is 2. The molecule has 4 N–H and O–H groups in total. The van der Waals surface area contributed by atoms with E-state index in [-0.39, 0.29) is 11.6 Å². The van der Waals surface area contributed by atoms with Gasteiger partial charge in [-0.2, -0.15) is 0 Å². The number of nitrogens with zero attached hydrogens (tertiary/aromatic N) is 1. The van der Waals surface area contributed by atoms with E-state index in [2.05, 4.69) is 4.40 Å². The molecule has 0 unspecified atom stereocenters. The SMILES string of the molecule is NC1=NS(=O)(=O)Cc2cccc(N)c21. The molecule has 0 aromatic heterocycles. The van der Waals surface area contributed by atoms with Gasteiger partial charge in [0, 0.05) is 11.3 Å². The number of nitrogen functional groups attached to an aromatic ring is 1. The Bertz CT molecular complexity index is 519. The maximum absolute atomic E-state index is 11.2. The Morgan fingerprint density at radius 2 is 2.00 bits per heavy atom. The molecule has 0 bridgehead atoms. The molecule has 0 saturated heterocycles. The Morgan fingerprint density at radius 3 is 2.71 bits per heavy atom. The molecule has 0 atom stereocenters. The number of nitrogens with two attached hydrogens (primary N) is 2. The van der Waals surface area contributed by atoms with E-state index in [0.29, 0.717) is 16.8 Å². The van der Waals surface area contributed by atoms with Crippen molar-refractivity contribution in [2.75, 3.05) is 5.73 Å². The van der Waals surface area contributed by atoms with Gasteiger partial charge in [-0.1, -0.05) is 12.1 Å². The van der Waals surface area contributed by atoms with Crippen LogP contribution in [0.25, 0.3) is 0 Å². The fraction of sp³-hybridized carbons (Fsp3) is 0.125. The monoisotopic (exact) mass is 211 g/mol. The van der Waals surface area contributed by atoms with Crippen molar-refractivity contribution in [2.24, 2.45) is 10.1 Å². The minimum atomic E-state index is -3.45. The van der Waals surface area contributed by atoms with Crippen molar-refractivity contribution in [3.05, 3.63) is 29.3 Å². The quantitative estimate of drug-likeness (QED) is 0.581. The summed E-state index contributed by atoms with van der Waals surface area (Å²) in [4.78, 5) is 0. The van der Waals surface area contributed by atoms with Crippen molar-refractivity contribution in [3.63, 3.8) is 0 Å². The van der Waals surface area contributed by atoms with E-state index < -0.39 is 10.0 Å². The third-order valence-electron chi connectivity index (χ3n) is 2.01. The average Bonchev–Trinajstić information content (AvgIpc) is 2.00. The Balaban J connectivity index is 2.74. The van der Waals surface area contributed by atoms with E-state index >= 15 is 0 Å². The van der Waals surface area contributed by atoms with Gasteiger partial charge in [0.2, 0.25) is 0 Å². The molecule has 1 aromatic carbocycles. The summed E-state index contributed by atoms with van der Waals surface area (Å²) in [5.74, 6) is -0.155. The maximum atomic E-state index is 11.2. The van der Waals surface area contributed by atoms with Crippen LogP contribution in [0.15, 0.2) is 22.6 Å². The summed E-state index contributed by atoms with van der Waals surface area (Å²) in [5.41, 5.74) is 12.8. The van der Waals surface area contributed by atoms with Crippen molar-refractivity contribution in [2.45, 2.75) is 5.75 Å². The van der Waals surface area contributed by atoms with Gasteiger partial charge in [0.1, 0.15) is 5.84 Å². The van der Waals surface area contributed by atoms with Crippen LogP contribution in [0.2, 0.25) is 0 Å². The molecule has 1 aromatic rings. The Hall–Kier alpha value is -1.56. The molecule has 0 spiro atoms. The fourth-order valence-electron chi connectivity index (χ4n) is 1.48. The molecule has 0 saturated carbocycles. The van der Waals surface area contributed by atoms with Gasteiger partial charge in [0.05, 0.1) is 5.75 Å². The Morgan fingerprint density at radius 1 is 1.29 bits per heavy atom. The van der Waals surface area contributed by atoms with Crippen molar-refractivity contribution >= 4 is 21.5 Å². The average molecular weight is 211 g/mol. The van der Waals surface area contributed by atoms with Gasteiger partial charge in [0.25, 0.3) is 10.0 Å². The van der Waals surface area contributed by atoms with Crippen LogP contribution in [0, 0.1) is 0 Å². The van der Waals surface area contributed by atoms with Crippen molar-refractivity contribution in [3.8, 4) is 0 Å². The van der Waals surface area contributed by atoms with Gasteiger partial charge in [0.15, 0.2) is 0 Å². The first-order valence-corrected chi connectivity index (χ1v) is 5.56. The molecule has 1 heterocycles. The van der Waals surface area contributed by atoms with Gasteiger partial charge in [-0.05, 0) is 11.6 Å².